The molecule has 1 aliphatic heterocycles. The van der Waals surface area contributed by atoms with Gasteiger partial charge in [0, 0.05) is 0 Å². The molecule has 0 bridgehead atoms. The van der Waals surface area contributed by atoms with Gasteiger partial charge in [0.1, 0.15) is 0 Å². The van der Waals surface area contributed by atoms with Crippen molar-refractivity contribution in [3.05, 3.63) is 41.0 Å². The molecule has 3 aromatic heterocycles. The summed E-state index contributed by atoms with van der Waals surface area (Å²) in [7, 11) is 0. The van der Waals surface area contributed by atoms with Crippen LogP contribution < -0.4 is 0 Å². The lowest BCUT2D eigenvalue weighted by molar-refractivity contribution is -0.142. The molecule has 1 aliphatic rings. The van der Waals surface area contributed by atoms with E-state index in [1.807, 2.05) is 4.90 Å². The van der Waals surface area contributed by atoms with E-state index in [0.717, 1.165) is 36.5 Å². The fourth-order valence-corrected chi connectivity index (χ4v) is 4.11. The Morgan fingerprint density at radius 3 is 2.71 bits per heavy atom. The maximum atomic E-state index is 13.6. The number of alkyl halides is 3. The average Bonchev–Trinajstić information content (AvgIpc) is 3.31. The molecule has 1 saturated heterocycles. The minimum absolute atomic E-state index is 0.0476. The Labute approximate surface area is 163 Å². The number of hydrogen-bond donors (Lipinski definition) is 0. The lowest BCUT2D eigenvalue weighted by atomic mass is 9.99. The molecule has 3 aromatic rings. The minimum atomic E-state index is -4.61. The molecule has 148 valence electrons. The predicted octanol–water partition coefficient (Wildman–Crippen LogP) is 4.39. The maximum Gasteiger partial charge on any atom is 0.433 e. The fraction of sp³-hybridized carbons (Fsp3) is 0.421. The number of aromatic nitrogens is 3. The van der Waals surface area contributed by atoms with Crippen LogP contribution in [0.2, 0.25) is 0 Å². The smallest absolute Gasteiger partial charge is 0.296 e. The number of hydrogen-bond acceptors (Lipinski definition) is 5. The van der Waals surface area contributed by atoms with Gasteiger partial charge in [-0.25, -0.2) is 9.50 Å². The van der Waals surface area contributed by atoms with Crippen LogP contribution in [0.25, 0.3) is 16.2 Å². The highest BCUT2D eigenvalue weighted by atomic mass is 32.1. The molecule has 1 fully saturated rings. The number of carbonyl (C=O) groups is 1. The van der Waals surface area contributed by atoms with Crippen molar-refractivity contribution in [2.75, 3.05) is 19.6 Å². The maximum absolute atomic E-state index is 13.6. The highest BCUT2D eigenvalue weighted by molar-refractivity contribution is 7.13. The highest BCUT2D eigenvalue weighted by Crippen LogP contribution is 2.34. The average molecular weight is 408 g/mol. The highest BCUT2D eigenvalue weighted by Gasteiger charge is 2.36. The number of carbonyl (C=O) groups excluding carboxylic acids is 1. The van der Waals surface area contributed by atoms with E-state index in [1.165, 1.54) is 17.5 Å². The van der Waals surface area contributed by atoms with Gasteiger partial charge in [-0.05, 0) is 49.4 Å². The van der Waals surface area contributed by atoms with Crippen molar-refractivity contribution in [3.8, 4) is 10.6 Å². The van der Waals surface area contributed by atoms with Crippen LogP contribution in [-0.4, -0.2) is 44.9 Å². The molecule has 0 spiro atoms. The summed E-state index contributed by atoms with van der Waals surface area (Å²) in [6, 6.07) is 4.43. The number of ketones is 1. The standard InChI is InChI=1S/C19H19F3N4OS/c1-12-4-6-25(7-5-12)11-15(27)13-10-23-26-17(19(20,21)22)9-14(24-18(13)26)16-3-2-8-28-16/h2-3,8-10,12H,4-7,11H2,1H3. The van der Waals surface area contributed by atoms with Crippen LogP contribution in [0, 0.1) is 5.92 Å². The second-order valence-corrected chi connectivity index (χ2v) is 8.12. The summed E-state index contributed by atoms with van der Waals surface area (Å²) in [5.41, 5.74) is -0.668. The zero-order valence-electron chi connectivity index (χ0n) is 15.2. The van der Waals surface area contributed by atoms with Crippen molar-refractivity contribution in [1.29, 1.82) is 0 Å². The molecule has 0 amide bonds. The Bertz CT molecular complexity index is 989. The van der Waals surface area contributed by atoms with Crippen LogP contribution in [0.5, 0.6) is 0 Å². The summed E-state index contributed by atoms with van der Waals surface area (Å²) in [5.74, 6) is 0.376. The number of rotatable bonds is 4. The van der Waals surface area contributed by atoms with Gasteiger partial charge < -0.3 is 0 Å². The zero-order valence-corrected chi connectivity index (χ0v) is 16.1. The van der Waals surface area contributed by atoms with Crippen LogP contribution in [0.4, 0.5) is 13.2 Å². The summed E-state index contributed by atoms with van der Waals surface area (Å²) in [6.45, 7) is 3.97. The molecule has 4 rings (SSSR count). The fourth-order valence-electron chi connectivity index (χ4n) is 3.42. The van der Waals surface area contributed by atoms with Crippen LogP contribution in [-0.2, 0) is 6.18 Å². The third kappa shape index (κ3) is 3.68. The van der Waals surface area contributed by atoms with E-state index < -0.39 is 11.9 Å². The predicted molar refractivity (Wildman–Crippen MR) is 100 cm³/mol. The van der Waals surface area contributed by atoms with E-state index in [-0.39, 0.29) is 29.2 Å². The van der Waals surface area contributed by atoms with Crippen molar-refractivity contribution in [3.63, 3.8) is 0 Å². The first-order chi connectivity index (χ1) is 13.3. The van der Waals surface area contributed by atoms with Crippen LogP contribution in [0.15, 0.2) is 29.8 Å². The molecule has 0 N–H and O–H groups in total. The van der Waals surface area contributed by atoms with Gasteiger partial charge in [0.05, 0.1) is 28.9 Å². The van der Waals surface area contributed by atoms with E-state index in [9.17, 15) is 18.0 Å². The quantitative estimate of drug-likeness (QED) is 0.601. The largest absolute Gasteiger partial charge is 0.433 e. The minimum Gasteiger partial charge on any atom is -0.296 e. The second-order valence-electron chi connectivity index (χ2n) is 7.18. The molecule has 0 atom stereocenters. The van der Waals surface area contributed by atoms with Crippen molar-refractivity contribution >= 4 is 22.8 Å². The SMILES string of the molecule is CC1CCN(CC(=O)c2cnn3c(C(F)(F)F)cc(-c4cccs4)nc23)CC1. The van der Waals surface area contributed by atoms with E-state index in [1.54, 1.807) is 17.5 Å². The van der Waals surface area contributed by atoms with Gasteiger partial charge in [-0.2, -0.15) is 18.3 Å². The second kappa shape index (κ2) is 7.29. The van der Waals surface area contributed by atoms with Gasteiger partial charge in [-0.1, -0.05) is 13.0 Å². The van der Waals surface area contributed by atoms with Crippen LogP contribution in [0.3, 0.4) is 0 Å². The lowest BCUT2D eigenvalue weighted by Gasteiger charge is -2.29. The first kappa shape index (κ1) is 19.1. The van der Waals surface area contributed by atoms with Crippen molar-refractivity contribution < 1.29 is 18.0 Å². The van der Waals surface area contributed by atoms with E-state index >= 15 is 0 Å². The Hall–Kier alpha value is -2.26. The number of nitrogens with zero attached hydrogens (tertiary/aromatic N) is 4. The molecule has 0 saturated carbocycles. The third-order valence-corrected chi connectivity index (χ3v) is 5.97. The molecular weight excluding hydrogens is 389 g/mol. The summed E-state index contributed by atoms with van der Waals surface area (Å²) in [4.78, 5) is 19.8. The van der Waals surface area contributed by atoms with Gasteiger partial charge >= 0.3 is 6.18 Å². The molecule has 0 aromatic carbocycles. The van der Waals surface area contributed by atoms with Crippen LogP contribution >= 0.6 is 11.3 Å². The monoisotopic (exact) mass is 408 g/mol. The Kier molecular flexibility index (Phi) is 4.96. The Morgan fingerprint density at radius 2 is 2.07 bits per heavy atom. The number of fused-ring (bicyclic) bond motifs is 1. The number of Topliss-reactive ketones (excluding diaryl/α,β-unsaturated/α-hetero) is 1. The lowest BCUT2D eigenvalue weighted by Crippen LogP contribution is -2.36. The molecule has 0 unspecified atom stereocenters. The normalized spacial score (nSPS) is 16.7. The topological polar surface area (TPSA) is 50.5 Å². The van der Waals surface area contributed by atoms with Gasteiger partial charge in [-0.3, -0.25) is 9.69 Å². The van der Waals surface area contributed by atoms with E-state index in [0.29, 0.717) is 10.8 Å². The molecule has 28 heavy (non-hydrogen) atoms. The van der Waals surface area contributed by atoms with Gasteiger partial charge in [-0.15, -0.1) is 11.3 Å². The first-order valence-corrected chi connectivity index (χ1v) is 9.96. The Balaban J connectivity index is 1.73. The zero-order chi connectivity index (χ0) is 19.9. The number of halogens is 3. The summed E-state index contributed by atoms with van der Waals surface area (Å²) < 4.78 is 41.5. The molecule has 4 heterocycles. The number of thiophene rings is 1. The molecular formula is C19H19F3N4OS. The Morgan fingerprint density at radius 1 is 1.32 bits per heavy atom. The van der Waals surface area contributed by atoms with Gasteiger partial charge in [0.25, 0.3) is 0 Å². The summed E-state index contributed by atoms with van der Waals surface area (Å²) in [5, 5.41) is 5.60. The van der Waals surface area contributed by atoms with Crippen molar-refractivity contribution in [2.45, 2.75) is 25.9 Å². The first-order valence-electron chi connectivity index (χ1n) is 9.08. The number of piperidine rings is 1. The molecule has 0 aliphatic carbocycles. The number of likely N-dealkylation sites (tertiary alicyclic amines) is 1. The van der Waals surface area contributed by atoms with Crippen LogP contribution in [0.1, 0.15) is 35.8 Å². The third-order valence-electron chi connectivity index (χ3n) is 5.08. The summed E-state index contributed by atoms with van der Waals surface area (Å²) >= 11 is 1.30. The van der Waals surface area contributed by atoms with Gasteiger partial charge in [0.15, 0.2) is 17.1 Å². The van der Waals surface area contributed by atoms with Crippen molar-refractivity contribution in [1.82, 2.24) is 19.5 Å². The van der Waals surface area contributed by atoms with E-state index in [2.05, 4.69) is 17.0 Å². The molecule has 9 heteroatoms. The van der Waals surface area contributed by atoms with Crippen molar-refractivity contribution in [2.24, 2.45) is 5.92 Å². The van der Waals surface area contributed by atoms with Gasteiger partial charge in [0.2, 0.25) is 0 Å². The molecule has 5 nitrogen and oxygen atoms in total. The summed E-state index contributed by atoms with van der Waals surface area (Å²) in [6.07, 6.45) is -1.38. The van der Waals surface area contributed by atoms with E-state index in [4.69, 9.17) is 0 Å². The molecule has 0 radical (unpaired) electrons.